The number of benzene rings is 1. The van der Waals surface area contributed by atoms with Crippen molar-refractivity contribution in [2.24, 2.45) is 0 Å². The van der Waals surface area contributed by atoms with Gasteiger partial charge in [0.05, 0.1) is 0 Å². The summed E-state index contributed by atoms with van der Waals surface area (Å²) in [5, 5.41) is 6.11. The van der Waals surface area contributed by atoms with Gasteiger partial charge in [-0.15, -0.1) is 12.4 Å². The first-order valence-corrected chi connectivity index (χ1v) is 8.11. The third-order valence-electron chi connectivity index (χ3n) is 4.30. The SMILES string of the molecule is CN(c1cccc(NC(=O)c2ccc(F)cc2)n1)C1CCNCC1.Cl. The molecule has 1 aliphatic rings. The summed E-state index contributed by atoms with van der Waals surface area (Å²) in [6, 6.07) is 11.5. The highest BCUT2D eigenvalue weighted by Gasteiger charge is 2.19. The maximum Gasteiger partial charge on any atom is 0.256 e. The van der Waals surface area contributed by atoms with Crippen LogP contribution in [-0.2, 0) is 0 Å². The molecule has 134 valence electrons. The molecular formula is C18H22ClFN4O. The predicted molar refractivity (Wildman–Crippen MR) is 100 cm³/mol. The molecular weight excluding hydrogens is 343 g/mol. The van der Waals surface area contributed by atoms with Crippen LogP contribution in [0.3, 0.4) is 0 Å². The highest BCUT2D eigenvalue weighted by molar-refractivity contribution is 6.03. The Morgan fingerprint density at radius 2 is 1.88 bits per heavy atom. The molecule has 1 aromatic heterocycles. The van der Waals surface area contributed by atoms with Crippen LogP contribution >= 0.6 is 12.4 Å². The summed E-state index contributed by atoms with van der Waals surface area (Å²) in [6.07, 6.45) is 2.15. The summed E-state index contributed by atoms with van der Waals surface area (Å²) in [5.74, 6) is 0.654. The first-order valence-electron chi connectivity index (χ1n) is 8.11. The van der Waals surface area contributed by atoms with E-state index in [0.717, 1.165) is 31.7 Å². The van der Waals surface area contributed by atoms with Gasteiger partial charge < -0.3 is 15.5 Å². The highest BCUT2D eigenvalue weighted by Crippen LogP contribution is 2.20. The third-order valence-corrected chi connectivity index (χ3v) is 4.30. The molecule has 1 amide bonds. The van der Waals surface area contributed by atoms with Gasteiger partial charge in [0.2, 0.25) is 0 Å². The number of rotatable bonds is 4. The molecule has 1 aromatic carbocycles. The van der Waals surface area contributed by atoms with Crippen LogP contribution in [0, 0.1) is 5.82 Å². The Morgan fingerprint density at radius 1 is 1.20 bits per heavy atom. The van der Waals surface area contributed by atoms with E-state index in [-0.39, 0.29) is 24.1 Å². The fourth-order valence-corrected chi connectivity index (χ4v) is 2.86. The quantitative estimate of drug-likeness (QED) is 0.875. The predicted octanol–water partition coefficient (Wildman–Crippen LogP) is 3.08. The molecule has 25 heavy (non-hydrogen) atoms. The van der Waals surface area contributed by atoms with Gasteiger partial charge >= 0.3 is 0 Å². The molecule has 0 bridgehead atoms. The standard InChI is InChI=1S/C18H21FN4O.ClH/c1-23(15-9-11-20-12-10-15)17-4-2-3-16(21-17)22-18(24)13-5-7-14(19)8-6-13;/h2-8,15,20H,9-12H2,1H3,(H,21,22,24);1H. The first-order chi connectivity index (χ1) is 11.6. The van der Waals surface area contributed by atoms with Crippen LogP contribution in [0.25, 0.3) is 0 Å². The molecule has 0 spiro atoms. The Labute approximate surface area is 153 Å². The van der Waals surface area contributed by atoms with E-state index in [2.05, 4.69) is 20.5 Å². The molecule has 0 saturated carbocycles. The minimum Gasteiger partial charge on any atom is -0.357 e. The van der Waals surface area contributed by atoms with Gasteiger partial charge in [-0.2, -0.15) is 0 Å². The van der Waals surface area contributed by atoms with E-state index in [9.17, 15) is 9.18 Å². The van der Waals surface area contributed by atoms with Crippen LogP contribution in [0.15, 0.2) is 42.5 Å². The lowest BCUT2D eigenvalue weighted by molar-refractivity contribution is 0.102. The van der Waals surface area contributed by atoms with Crippen molar-refractivity contribution in [1.29, 1.82) is 0 Å². The van der Waals surface area contributed by atoms with E-state index in [0.29, 0.717) is 17.4 Å². The number of anilines is 2. The summed E-state index contributed by atoms with van der Waals surface area (Å²) < 4.78 is 12.9. The monoisotopic (exact) mass is 364 g/mol. The van der Waals surface area contributed by atoms with Gasteiger partial charge in [0.25, 0.3) is 5.91 Å². The number of hydrogen-bond acceptors (Lipinski definition) is 4. The van der Waals surface area contributed by atoms with E-state index >= 15 is 0 Å². The second kappa shape index (κ2) is 8.78. The number of carbonyl (C=O) groups excluding carboxylic acids is 1. The number of pyridine rings is 1. The Hall–Kier alpha value is -2.18. The molecule has 1 fully saturated rings. The Balaban J connectivity index is 0.00000225. The van der Waals surface area contributed by atoms with E-state index in [1.165, 1.54) is 24.3 Å². The van der Waals surface area contributed by atoms with Crippen molar-refractivity contribution in [2.75, 3.05) is 30.4 Å². The van der Waals surface area contributed by atoms with Crippen LogP contribution in [0.2, 0.25) is 0 Å². The largest absolute Gasteiger partial charge is 0.357 e. The number of halogens is 2. The molecule has 1 saturated heterocycles. The molecule has 1 aliphatic heterocycles. The summed E-state index contributed by atoms with van der Waals surface area (Å²) in [4.78, 5) is 18.9. The molecule has 2 heterocycles. The van der Waals surface area contributed by atoms with Crippen molar-refractivity contribution in [3.63, 3.8) is 0 Å². The van der Waals surface area contributed by atoms with Gasteiger partial charge in [-0.1, -0.05) is 6.07 Å². The zero-order valence-electron chi connectivity index (χ0n) is 14.0. The number of aromatic nitrogens is 1. The lowest BCUT2D eigenvalue weighted by atomic mass is 10.1. The summed E-state index contributed by atoms with van der Waals surface area (Å²) in [7, 11) is 2.03. The fraction of sp³-hybridized carbons (Fsp3) is 0.333. The molecule has 2 aromatic rings. The average Bonchev–Trinajstić information content (AvgIpc) is 2.62. The Bertz CT molecular complexity index is 704. The van der Waals surface area contributed by atoms with Crippen LogP contribution in [0.1, 0.15) is 23.2 Å². The molecule has 3 rings (SSSR count). The lowest BCUT2D eigenvalue weighted by Gasteiger charge is -2.32. The van der Waals surface area contributed by atoms with Gasteiger partial charge in [0.1, 0.15) is 17.5 Å². The molecule has 7 heteroatoms. The topological polar surface area (TPSA) is 57.3 Å². The normalized spacial score (nSPS) is 14.5. The number of nitrogens with one attached hydrogen (secondary N) is 2. The summed E-state index contributed by atoms with van der Waals surface area (Å²) in [5.41, 5.74) is 0.398. The highest BCUT2D eigenvalue weighted by atomic mass is 35.5. The maximum atomic E-state index is 12.9. The second-order valence-electron chi connectivity index (χ2n) is 5.93. The smallest absolute Gasteiger partial charge is 0.256 e. The van der Waals surface area contributed by atoms with Crippen molar-refractivity contribution >= 4 is 29.9 Å². The van der Waals surface area contributed by atoms with E-state index in [4.69, 9.17) is 0 Å². The Kier molecular flexibility index (Phi) is 6.73. The van der Waals surface area contributed by atoms with Gasteiger partial charge in [0, 0.05) is 18.7 Å². The zero-order chi connectivity index (χ0) is 16.9. The van der Waals surface area contributed by atoms with E-state index in [1.807, 2.05) is 19.2 Å². The average molecular weight is 365 g/mol. The van der Waals surface area contributed by atoms with E-state index < -0.39 is 0 Å². The summed E-state index contributed by atoms with van der Waals surface area (Å²) in [6.45, 7) is 2.02. The number of hydrogen-bond donors (Lipinski definition) is 2. The molecule has 5 nitrogen and oxygen atoms in total. The Morgan fingerprint density at radius 3 is 2.56 bits per heavy atom. The van der Waals surface area contributed by atoms with Crippen LogP contribution in [-0.4, -0.2) is 37.1 Å². The van der Waals surface area contributed by atoms with Crippen molar-refractivity contribution in [3.8, 4) is 0 Å². The van der Waals surface area contributed by atoms with Crippen LogP contribution < -0.4 is 15.5 Å². The number of piperidine rings is 1. The van der Waals surface area contributed by atoms with Crippen molar-refractivity contribution < 1.29 is 9.18 Å². The minimum absolute atomic E-state index is 0. The van der Waals surface area contributed by atoms with Crippen molar-refractivity contribution in [1.82, 2.24) is 10.3 Å². The zero-order valence-corrected chi connectivity index (χ0v) is 14.9. The number of amides is 1. The molecule has 0 aliphatic carbocycles. The number of nitrogens with zero attached hydrogens (tertiary/aromatic N) is 2. The second-order valence-corrected chi connectivity index (χ2v) is 5.93. The van der Waals surface area contributed by atoms with Gasteiger partial charge in [-0.3, -0.25) is 4.79 Å². The van der Waals surface area contributed by atoms with Gasteiger partial charge in [-0.05, 0) is 62.3 Å². The number of carbonyl (C=O) groups is 1. The van der Waals surface area contributed by atoms with Crippen LogP contribution in [0.4, 0.5) is 16.0 Å². The maximum absolute atomic E-state index is 12.9. The lowest BCUT2D eigenvalue weighted by Crippen LogP contribution is -2.41. The minimum atomic E-state index is -0.365. The van der Waals surface area contributed by atoms with Crippen molar-refractivity contribution in [3.05, 3.63) is 53.8 Å². The molecule has 0 unspecified atom stereocenters. The molecule has 2 N–H and O–H groups in total. The van der Waals surface area contributed by atoms with Gasteiger partial charge in [0.15, 0.2) is 0 Å². The van der Waals surface area contributed by atoms with Gasteiger partial charge in [-0.25, -0.2) is 9.37 Å². The molecule has 0 atom stereocenters. The summed E-state index contributed by atoms with van der Waals surface area (Å²) >= 11 is 0. The van der Waals surface area contributed by atoms with Crippen LogP contribution in [0.5, 0.6) is 0 Å². The molecule has 0 radical (unpaired) electrons. The first kappa shape index (κ1) is 19.1. The third kappa shape index (κ3) is 4.90. The van der Waals surface area contributed by atoms with Crippen molar-refractivity contribution in [2.45, 2.75) is 18.9 Å². The fourth-order valence-electron chi connectivity index (χ4n) is 2.86. The van der Waals surface area contributed by atoms with E-state index in [1.54, 1.807) is 6.07 Å².